The summed E-state index contributed by atoms with van der Waals surface area (Å²) < 4.78 is 5.77. The second kappa shape index (κ2) is 8.61. The van der Waals surface area contributed by atoms with Crippen molar-refractivity contribution in [3.8, 4) is 17.3 Å². The van der Waals surface area contributed by atoms with Crippen LogP contribution in [0.2, 0.25) is 0 Å². The van der Waals surface area contributed by atoms with Gasteiger partial charge in [0.05, 0.1) is 16.5 Å². The predicted octanol–water partition coefficient (Wildman–Crippen LogP) is 4.44. The molecule has 3 N–H and O–H groups in total. The van der Waals surface area contributed by atoms with E-state index in [1.807, 2.05) is 42.5 Å². The van der Waals surface area contributed by atoms with Crippen molar-refractivity contribution < 1.29 is 14.3 Å². The van der Waals surface area contributed by atoms with Crippen LogP contribution in [0.5, 0.6) is 5.88 Å². The van der Waals surface area contributed by atoms with Crippen molar-refractivity contribution in [1.29, 1.82) is 0 Å². The highest BCUT2D eigenvalue weighted by atomic mass is 32.1. The smallest absolute Gasteiger partial charge is 0.307 e. The lowest BCUT2D eigenvalue weighted by Crippen LogP contribution is -2.19. The summed E-state index contributed by atoms with van der Waals surface area (Å²) in [5.74, 6) is 0.328. The predicted molar refractivity (Wildman–Crippen MR) is 120 cm³/mol. The SMILES string of the molecule is Cc1oc(-c2ccccc2)nc1C(C)C(=O)Nc1ccc(Cc2sc(=O)[nH]c2O)cc1. The maximum Gasteiger partial charge on any atom is 0.307 e. The first kappa shape index (κ1) is 20.6. The first-order valence-corrected chi connectivity index (χ1v) is 10.6. The largest absolute Gasteiger partial charge is 0.494 e. The third kappa shape index (κ3) is 4.59. The number of carbonyl (C=O) groups excluding carboxylic acids is 1. The van der Waals surface area contributed by atoms with Gasteiger partial charge in [-0.3, -0.25) is 14.6 Å². The molecule has 7 nitrogen and oxygen atoms in total. The number of nitrogens with one attached hydrogen (secondary N) is 2. The third-order valence-corrected chi connectivity index (χ3v) is 5.81. The Morgan fingerprint density at radius 2 is 1.90 bits per heavy atom. The van der Waals surface area contributed by atoms with Crippen molar-refractivity contribution in [2.24, 2.45) is 0 Å². The summed E-state index contributed by atoms with van der Waals surface area (Å²) in [6.45, 7) is 3.60. The molecule has 2 aromatic heterocycles. The first-order chi connectivity index (χ1) is 14.9. The monoisotopic (exact) mass is 435 g/mol. The number of H-pyrrole nitrogens is 1. The number of benzene rings is 2. The molecule has 31 heavy (non-hydrogen) atoms. The summed E-state index contributed by atoms with van der Waals surface area (Å²) in [6, 6.07) is 16.8. The Labute approximate surface area is 182 Å². The number of carbonyl (C=O) groups is 1. The van der Waals surface area contributed by atoms with Crippen LogP contribution in [0.25, 0.3) is 11.5 Å². The number of hydrogen-bond donors (Lipinski definition) is 3. The minimum Gasteiger partial charge on any atom is -0.494 e. The standard InChI is InChI=1S/C23H21N3O4S/c1-13(19-14(2)30-22(25-19)16-6-4-3-5-7-16)20(27)24-17-10-8-15(9-11-17)12-18-21(28)26-23(29)31-18/h3-11,13,28H,12H2,1-2H3,(H,24,27)(H,26,29). The second-order valence-corrected chi connectivity index (χ2v) is 8.27. The van der Waals surface area contributed by atoms with E-state index in [1.165, 1.54) is 0 Å². The van der Waals surface area contributed by atoms with Crippen molar-refractivity contribution in [1.82, 2.24) is 9.97 Å². The van der Waals surface area contributed by atoms with Gasteiger partial charge < -0.3 is 14.8 Å². The molecule has 0 bridgehead atoms. The molecule has 0 radical (unpaired) electrons. The van der Waals surface area contributed by atoms with E-state index in [0.29, 0.717) is 34.3 Å². The highest BCUT2D eigenvalue weighted by Gasteiger charge is 2.23. The topological polar surface area (TPSA) is 108 Å². The number of oxazole rings is 1. The van der Waals surface area contributed by atoms with Gasteiger partial charge in [0.25, 0.3) is 0 Å². The zero-order valence-corrected chi connectivity index (χ0v) is 17.8. The van der Waals surface area contributed by atoms with Gasteiger partial charge in [0.1, 0.15) is 5.76 Å². The molecule has 0 fully saturated rings. The van der Waals surface area contributed by atoms with Gasteiger partial charge in [0.2, 0.25) is 17.7 Å². The van der Waals surface area contributed by atoms with Gasteiger partial charge in [-0.15, -0.1) is 0 Å². The zero-order chi connectivity index (χ0) is 22.0. The van der Waals surface area contributed by atoms with E-state index in [-0.39, 0.29) is 16.7 Å². The number of hydrogen-bond acceptors (Lipinski definition) is 6. The van der Waals surface area contributed by atoms with Gasteiger partial charge >= 0.3 is 4.87 Å². The molecule has 2 heterocycles. The van der Waals surface area contributed by atoms with Gasteiger partial charge in [-0.2, -0.15) is 0 Å². The first-order valence-electron chi connectivity index (χ1n) is 9.74. The molecule has 4 aromatic rings. The van der Waals surface area contributed by atoms with E-state index < -0.39 is 5.92 Å². The fourth-order valence-electron chi connectivity index (χ4n) is 3.25. The number of rotatable bonds is 6. The zero-order valence-electron chi connectivity index (χ0n) is 17.0. The molecule has 0 aliphatic heterocycles. The van der Waals surface area contributed by atoms with Gasteiger partial charge in [-0.1, -0.05) is 41.7 Å². The fourth-order valence-corrected chi connectivity index (χ4v) is 4.01. The Morgan fingerprint density at radius 1 is 1.19 bits per heavy atom. The Bertz CT molecular complexity index is 1260. The molecule has 1 atom stereocenters. The summed E-state index contributed by atoms with van der Waals surface area (Å²) in [7, 11) is 0. The molecule has 0 aliphatic rings. The second-order valence-electron chi connectivity index (χ2n) is 7.20. The molecule has 4 rings (SSSR count). The van der Waals surface area contributed by atoms with E-state index in [0.717, 1.165) is 22.5 Å². The molecule has 158 valence electrons. The summed E-state index contributed by atoms with van der Waals surface area (Å²) >= 11 is 0.981. The molecule has 8 heteroatoms. The van der Waals surface area contributed by atoms with Crippen LogP contribution >= 0.6 is 11.3 Å². The molecule has 1 amide bonds. The lowest BCUT2D eigenvalue weighted by molar-refractivity contribution is -0.117. The number of amides is 1. The van der Waals surface area contributed by atoms with Gasteiger partial charge in [0.15, 0.2) is 0 Å². The molecule has 0 spiro atoms. The minimum atomic E-state index is -0.491. The fraction of sp³-hybridized carbons (Fsp3) is 0.174. The number of thiazole rings is 1. The van der Waals surface area contributed by atoms with Crippen LogP contribution < -0.4 is 10.2 Å². The van der Waals surface area contributed by atoms with Crippen molar-refractivity contribution in [3.05, 3.63) is 86.2 Å². The highest BCUT2D eigenvalue weighted by molar-refractivity contribution is 7.09. The molecule has 1 unspecified atom stereocenters. The normalized spacial score (nSPS) is 11.9. The van der Waals surface area contributed by atoms with E-state index in [1.54, 1.807) is 26.0 Å². The molecule has 0 aliphatic carbocycles. The number of aromatic amines is 1. The van der Waals surface area contributed by atoms with E-state index in [2.05, 4.69) is 15.3 Å². The quantitative estimate of drug-likeness (QED) is 0.415. The molecule has 0 saturated carbocycles. The van der Waals surface area contributed by atoms with Crippen molar-refractivity contribution in [3.63, 3.8) is 0 Å². The van der Waals surface area contributed by atoms with Crippen LogP contribution in [0.3, 0.4) is 0 Å². The Balaban J connectivity index is 1.44. The van der Waals surface area contributed by atoms with Crippen molar-refractivity contribution in [2.45, 2.75) is 26.2 Å². The highest BCUT2D eigenvalue weighted by Crippen LogP contribution is 2.27. The number of aromatic nitrogens is 2. The summed E-state index contributed by atoms with van der Waals surface area (Å²) in [5.41, 5.74) is 3.03. The average Bonchev–Trinajstić information content (AvgIpc) is 3.30. The van der Waals surface area contributed by atoms with Crippen LogP contribution in [0.15, 0.2) is 63.8 Å². The van der Waals surface area contributed by atoms with Gasteiger partial charge in [0, 0.05) is 17.7 Å². The van der Waals surface area contributed by atoms with Crippen LogP contribution in [0.1, 0.15) is 34.7 Å². The maximum atomic E-state index is 12.8. The van der Waals surface area contributed by atoms with Crippen molar-refractivity contribution in [2.75, 3.05) is 5.32 Å². The lowest BCUT2D eigenvalue weighted by atomic mass is 10.1. The van der Waals surface area contributed by atoms with Crippen LogP contribution in [-0.4, -0.2) is 21.0 Å². The van der Waals surface area contributed by atoms with Crippen LogP contribution in [0, 0.1) is 6.92 Å². The maximum absolute atomic E-state index is 12.8. The number of anilines is 1. The molecule has 0 saturated heterocycles. The van der Waals surface area contributed by atoms with E-state index in [9.17, 15) is 14.7 Å². The molecule has 2 aromatic carbocycles. The van der Waals surface area contributed by atoms with Crippen LogP contribution in [0.4, 0.5) is 5.69 Å². The third-order valence-electron chi connectivity index (χ3n) is 4.94. The number of aromatic hydroxyl groups is 1. The minimum absolute atomic E-state index is 0.0981. The summed E-state index contributed by atoms with van der Waals surface area (Å²) in [5, 5.41) is 12.6. The molecular formula is C23H21N3O4S. The summed E-state index contributed by atoms with van der Waals surface area (Å²) in [4.78, 5) is 31.3. The number of aryl methyl sites for hydroxylation is 1. The van der Waals surface area contributed by atoms with Crippen LogP contribution in [-0.2, 0) is 11.2 Å². The summed E-state index contributed by atoms with van der Waals surface area (Å²) in [6.07, 6.45) is 0.431. The lowest BCUT2D eigenvalue weighted by Gasteiger charge is -2.11. The Morgan fingerprint density at radius 3 is 2.55 bits per heavy atom. The van der Waals surface area contributed by atoms with Gasteiger partial charge in [-0.05, 0) is 43.7 Å². The van der Waals surface area contributed by atoms with E-state index >= 15 is 0 Å². The average molecular weight is 436 g/mol. The van der Waals surface area contributed by atoms with Crippen molar-refractivity contribution >= 4 is 22.9 Å². The Hall–Kier alpha value is -3.65. The van der Waals surface area contributed by atoms with Gasteiger partial charge in [-0.25, -0.2) is 4.98 Å². The molecular weight excluding hydrogens is 414 g/mol. The Kier molecular flexibility index (Phi) is 5.73. The number of nitrogens with zero attached hydrogens (tertiary/aromatic N) is 1. The van der Waals surface area contributed by atoms with E-state index in [4.69, 9.17) is 4.42 Å².